The molecular weight excluding hydrogens is 110 g/mol. The molecule has 1 N–H and O–H groups in total. The van der Waals surface area contributed by atoms with E-state index in [0.717, 1.165) is 13.1 Å². The van der Waals surface area contributed by atoms with Crippen molar-refractivity contribution in [3.63, 3.8) is 0 Å². The standard InChI is InChI=1S/C8H15N/c1-4-5-6-9-7-8(2)3/h4-5,9H,2,6-7H2,1,3H3. The van der Waals surface area contributed by atoms with E-state index >= 15 is 0 Å². The van der Waals surface area contributed by atoms with Crippen molar-refractivity contribution in [3.8, 4) is 0 Å². The van der Waals surface area contributed by atoms with Crippen LogP contribution in [0.4, 0.5) is 0 Å². The molecule has 0 heterocycles. The predicted octanol–water partition coefficient (Wildman–Crippen LogP) is 1.73. The average molecular weight is 125 g/mol. The Labute approximate surface area is 57.5 Å². The topological polar surface area (TPSA) is 12.0 Å². The molecule has 0 saturated heterocycles. The van der Waals surface area contributed by atoms with E-state index in [4.69, 9.17) is 0 Å². The second kappa shape index (κ2) is 5.57. The Morgan fingerprint density at radius 1 is 1.67 bits per heavy atom. The maximum atomic E-state index is 3.77. The zero-order valence-corrected chi connectivity index (χ0v) is 6.28. The van der Waals surface area contributed by atoms with Gasteiger partial charge in [0, 0.05) is 13.1 Å². The molecule has 1 heteroatoms. The zero-order valence-electron chi connectivity index (χ0n) is 6.28. The average Bonchev–Trinajstić information content (AvgIpc) is 1.80. The van der Waals surface area contributed by atoms with Crippen LogP contribution in [0.2, 0.25) is 0 Å². The Balaban J connectivity index is 3.01. The van der Waals surface area contributed by atoms with Gasteiger partial charge in [0.05, 0.1) is 0 Å². The monoisotopic (exact) mass is 125 g/mol. The van der Waals surface area contributed by atoms with Gasteiger partial charge in [-0.1, -0.05) is 24.3 Å². The molecular formula is C8H15N. The fourth-order valence-electron chi connectivity index (χ4n) is 0.487. The second-order valence-electron chi connectivity index (χ2n) is 2.16. The molecule has 0 unspecified atom stereocenters. The van der Waals surface area contributed by atoms with E-state index in [2.05, 4.69) is 18.0 Å². The van der Waals surface area contributed by atoms with Crippen molar-refractivity contribution >= 4 is 0 Å². The lowest BCUT2D eigenvalue weighted by Gasteiger charge is -1.97. The molecule has 0 amide bonds. The Kier molecular flexibility index (Phi) is 5.23. The summed E-state index contributed by atoms with van der Waals surface area (Å²) in [6, 6.07) is 0. The number of allylic oxidation sites excluding steroid dienone is 1. The molecule has 0 rings (SSSR count). The number of nitrogens with one attached hydrogen (secondary N) is 1. The molecule has 0 aromatic carbocycles. The molecule has 0 saturated carbocycles. The summed E-state index contributed by atoms with van der Waals surface area (Å²) in [5.74, 6) is 0. The molecule has 0 aromatic heterocycles. The zero-order chi connectivity index (χ0) is 7.11. The molecule has 0 aliphatic rings. The summed E-state index contributed by atoms with van der Waals surface area (Å²) in [5.41, 5.74) is 1.18. The number of hydrogen-bond acceptors (Lipinski definition) is 1. The van der Waals surface area contributed by atoms with Gasteiger partial charge in [-0.15, -0.1) is 0 Å². The lowest BCUT2D eigenvalue weighted by molar-refractivity contribution is 0.816. The Bertz CT molecular complexity index is 103. The largest absolute Gasteiger partial charge is 0.310 e. The summed E-state index contributed by atoms with van der Waals surface area (Å²) in [6.45, 7) is 9.67. The number of hydrogen-bond donors (Lipinski definition) is 1. The highest BCUT2D eigenvalue weighted by Crippen LogP contribution is 1.80. The summed E-state index contributed by atoms with van der Waals surface area (Å²) in [7, 11) is 0. The van der Waals surface area contributed by atoms with E-state index in [9.17, 15) is 0 Å². The smallest absolute Gasteiger partial charge is 0.0162 e. The summed E-state index contributed by atoms with van der Waals surface area (Å²) in [6.07, 6.45) is 4.12. The van der Waals surface area contributed by atoms with Crippen LogP contribution in [0.5, 0.6) is 0 Å². The van der Waals surface area contributed by atoms with E-state index in [0.29, 0.717) is 0 Å². The molecule has 0 aliphatic carbocycles. The van der Waals surface area contributed by atoms with Crippen LogP contribution in [0.15, 0.2) is 24.3 Å². The lowest BCUT2D eigenvalue weighted by atomic mass is 10.3. The van der Waals surface area contributed by atoms with Gasteiger partial charge in [-0.2, -0.15) is 0 Å². The Morgan fingerprint density at radius 3 is 2.78 bits per heavy atom. The van der Waals surface area contributed by atoms with Gasteiger partial charge in [0.15, 0.2) is 0 Å². The minimum absolute atomic E-state index is 0.921. The van der Waals surface area contributed by atoms with Gasteiger partial charge in [-0.05, 0) is 13.8 Å². The fourth-order valence-corrected chi connectivity index (χ4v) is 0.487. The molecule has 0 atom stereocenters. The van der Waals surface area contributed by atoms with Crippen LogP contribution in [-0.2, 0) is 0 Å². The van der Waals surface area contributed by atoms with Gasteiger partial charge < -0.3 is 5.32 Å². The number of rotatable bonds is 4. The minimum Gasteiger partial charge on any atom is -0.310 e. The van der Waals surface area contributed by atoms with Crippen molar-refractivity contribution in [2.24, 2.45) is 0 Å². The predicted molar refractivity (Wildman–Crippen MR) is 42.5 cm³/mol. The first-order chi connectivity index (χ1) is 4.27. The van der Waals surface area contributed by atoms with E-state index in [-0.39, 0.29) is 0 Å². The molecule has 0 spiro atoms. The van der Waals surface area contributed by atoms with Gasteiger partial charge in [-0.25, -0.2) is 0 Å². The van der Waals surface area contributed by atoms with Crippen molar-refractivity contribution in [2.45, 2.75) is 13.8 Å². The molecule has 52 valence electrons. The molecule has 1 nitrogen and oxygen atoms in total. The third kappa shape index (κ3) is 7.44. The summed E-state index contributed by atoms with van der Waals surface area (Å²) in [4.78, 5) is 0. The minimum atomic E-state index is 0.921. The van der Waals surface area contributed by atoms with Crippen LogP contribution < -0.4 is 5.32 Å². The van der Waals surface area contributed by atoms with Crippen molar-refractivity contribution in [2.75, 3.05) is 13.1 Å². The maximum absolute atomic E-state index is 3.77. The highest BCUT2D eigenvalue weighted by molar-refractivity contribution is 4.92. The first kappa shape index (κ1) is 8.44. The second-order valence-corrected chi connectivity index (χ2v) is 2.16. The quantitative estimate of drug-likeness (QED) is 0.445. The Hall–Kier alpha value is -0.560. The third-order valence-corrected chi connectivity index (χ3v) is 0.925. The van der Waals surface area contributed by atoms with Crippen LogP contribution in [0, 0.1) is 0 Å². The maximum Gasteiger partial charge on any atom is 0.0162 e. The van der Waals surface area contributed by atoms with E-state index in [1.165, 1.54) is 5.57 Å². The normalized spacial score (nSPS) is 10.4. The third-order valence-electron chi connectivity index (χ3n) is 0.925. The first-order valence-corrected chi connectivity index (χ1v) is 3.23. The molecule has 0 fully saturated rings. The molecule has 0 aliphatic heterocycles. The lowest BCUT2D eigenvalue weighted by Crippen LogP contribution is -2.15. The molecule has 9 heavy (non-hydrogen) atoms. The van der Waals surface area contributed by atoms with Crippen molar-refractivity contribution in [3.05, 3.63) is 24.3 Å². The first-order valence-electron chi connectivity index (χ1n) is 3.23. The van der Waals surface area contributed by atoms with Gasteiger partial charge in [0.25, 0.3) is 0 Å². The van der Waals surface area contributed by atoms with Crippen molar-refractivity contribution < 1.29 is 0 Å². The SMILES string of the molecule is C=C(C)CNCC=CC. The molecule has 0 bridgehead atoms. The van der Waals surface area contributed by atoms with Crippen LogP contribution in [0.3, 0.4) is 0 Å². The van der Waals surface area contributed by atoms with Crippen LogP contribution in [-0.4, -0.2) is 13.1 Å². The van der Waals surface area contributed by atoms with Crippen LogP contribution in [0.25, 0.3) is 0 Å². The van der Waals surface area contributed by atoms with Gasteiger partial charge in [0.2, 0.25) is 0 Å². The van der Waals surface area contributed by atoms with Gasteiger partial charge >= 0.3 is 0 Å². The van der Waals surface area contributed by atoms with E-state index in [1.54, 1.807) is 0 Å². The molecule has 0 aromatic rings. The van der Waals surface area contributed by atoms with E-state index in [1.807, 2.05) is 19.9 Å². The van der Waals surface area contributed by atoms with Gasteiger partial charge in [0.1, 0.15) is 0 Å². The van der Waals surface area contributed by atoms with E-state index < -0.39 is 0 Å². The van der Waals surface area contributed by atoms with Crippen molar-refractivity contribution in [1.82, 2.24) is 5.32 Å². The molecule has 0 radical (unpaired) electrons. The highest BCUT2D eigenvalue weighted by Gasteiger charge is 1.80. The summed E-state index contributed by atoms with van der Waals surface area (Å²) >= 11 is 0. The fraction of sp³-hybridized carbons (Fsp3) is 0.500. The summed E-state index contributed by atoms with van der Waals surface area (Å²) < 4.78 is 0. The van der Waals surface area contributed by atoms with Crippen molar-refractivity contribution in [1.29, 1.82) is 0 Å². The summed E-state index contributed by atoms with van der Waals surface area (Å²) in [5, 5.41) is 3.20. The van der Waals surface area contributed by atoms with Gasteiger partial charge in [-0.3, -0.25) is 0 Å². The Morgan fingerprint density at radius 2 is 2.33 bits per heavy atom. The van der Waals surface area contributed by atoms with Crippen LogP contribution in [0.1, 0.15) is 13.8 Å². The van der Waals surface area contributed by atoms with Crippen LogP contribution >= 0.6 is 0 Å². The highest BCUT2D eigenvalue weighted by atomic mass is 14.8.